The van der Waals surface area contributed by atoms with Gasteiger partial charge in [-0.3, -0.25) is 0 Å². The molecule has 4 aromatic rings. The minimum Gasteiger partial charge on any atom is -0.418 e. The molecule has 0 aliphatic carbocycles. The van der Waals surface area contributed by atoms with Crippen molar-refractivity contribution in [2.24, 2.45) is 0 Å². The molecule has 0 atom stereocenters. The summed E-state index contributed by atoms with van der Waals surface area (Å²) in [5, 5.41) is 1.49. The van der Waals surface area contributed by atoms with Crippen LogP contribution >= 0.6 is 46.4 Å². The number of hydrogen-bond acceptors (Lipinski definition) is 4. The zero-order chi connectivity index (χ0) is 25.7. The molecule has 0 aliphatic heterocycles. The van der Waals surface area contributed by atoms with E-state index in [1.165, 1.54) is 12.1 Å². The van der Waals surface area contributed by atoms with E-state index in [4.69, 9.17) is 55.9 Å². The van der Waals surface area contributed by atoms with Crippen molar-refractivity contribution >= 4 is 69.9 Å². The highest BCUT2D eigenvalue weighted by atomic mass is 35.5. The zero-order valence-corrected chi connectivity index (χ0v) is 21.4. The van der Waals surface area contributed by atoms with Crippen molar-refractivity contribution in [2.75, 3.05) is 0 Å². The zero-order valence-electron chi connectivity index (χ0n) is 18.4. The lowest BCUT2D eigenvalue weighted by atomic mass is 10.1. The van der Waals surface area contributed by atoms with Gasteiger partial charge in [-0.25, -0.2) is 9.59 Å². The van der Waals surface area contributed by atoms with Gasteiger partial charge >= 0.3 is 11.9 Å². The molecule has 0 unspecified atom stereocenters. The normalized spacial score (nSPS) is 11.4. The molecule has 0 fully saturated rings. The summed E-state index contributed by atoms with van der Waals surface area (Å²) in [6.45, 7) is 0. The first-order chi connectivity index (χ1) is 17.3. The van der Waals surface area contributed by atoms with Crippen LogP contribution in [0.3, 0.4) is 0 Å². The molecule has 0 bridgehead atoms. The van der Waals surface area contributed by atoms with E-state index in [-0.39, 0.29) is 22.6 Å². The van der Waals surface area contributed by atoms with Crippen LogP contribution in [0.2, 0.25) is 20.1 Å². The number of ether oxygens (including phenoxy) is 2. The number of hydrogen-bond donors (Lipinski definition) is 0. The molecule has 0 saturated heterocycles. The summed E-state index contributed by atoms with van der Waals surface area (Å²) in [7, 11) is 0. The molecule has 180 valence electrons. The molecule has 0 spiro atoms. The molecule has 8 heteroatoms. The number of rotatable bonds is 6. The highest BCUT2D eigenvalue weighted by molar-refractivity contribution is 6.32. The Balaban J connectivity index is 1.89. The van der Waals surface area contributed by atoms with E-state index in [0.29, 0.717) is 31.2 Å². The van der Waals surface area contributed by atoms with Gasteiger partial charge in [-0.05, 0) is 60.7 Å². The molecule has 4 aromatic carbocycles. The van der Waals surface area contributed by atoms with Crippen LogP contribution in [0.25, 0.3) is 11.5 Å². The van der Waals surface area contributed by atoms with Gasteiger partial charge in [0.25, 0.3) is 0 Å². The van der Waals surface area contributed by atoms with Crippen LogP contribution in [0.15, 0.2) is 97.1 Å². The molecule has 0 saturated carbocycles. The van der Waals surface area contributed by atoms with Crippen LogP contribution in [0.4, 0.5) is 0 Å². The smallest absolute Gasteiger partial charge is 0.343 e. The topological polar surface area (TPSA) is 52.6 Å². The van der Waals surface area contributed by atoms with E-state index in [1.54, 1.807) is 84.9 Å². The third kappa shape index (κ3) is 6.48. The number of carbonyl (C=O) groups is 2. The van der Waals surface area contributed by atoms with Crippen molar-refractivity contribution in [1.82, 2.24) is 0 Å². The molecule has 4 nitrogen and oxygen atoms in total. The minimum atomic E-state index is -0.717. The molecule has 0 heterocycles. The van der Waals surface area contributed by atoms with E-state index >= 15 is 0 Å². The monoisotopic (exact) mass is 556 g/mol. The fourth-order valence-corrected chi connectivity index (χ4v) is 4.03. The summed E-state index contributed by atoms with van der Waals surface area (Å²) in [4.78, 5) is 26.3. The predicted octanol–water partition coefficient (Wildman–Crippen LogP) is 8.84. The van der Waals surface area contributed by atoms with Gasteiger partial charge in [0.15, 0.2) is 11.5 Å². The van der Waals surface area contributed by atoms with Crippen LogP contribution in [0.5, 0.6) is 0 Å². The quantitative estimate of drug-likeness (QED) is 0.135. The van der Waals surface area contributed by atoms with E-state index in [1.807, 2.05) is 0 Å². The molecular formula is C28H16Cl4O4. The molecule has 0 amide bonds. The molecule has 36 heavy (non-hydrogen) atoms. The fraction of sp³-hybridized carbons (Fsp3) is 0. The van der Waals surface area contributed by atoms with Crippen molar-refractivity contribution in [3.05, 3.63) is 139 Å². The van der Waals surface area contributed by atoms with Gasteiger partial charge in [-0.1, -0.05) is 82.8 Å². The van der Waals surface area contributed by atoms with Gasteiger partial charge in [-0.15, -0.1) is 0 Å². The standard InChI is InChI=1S/C28H16Cl4O4/c29-21-9-1-5-17(13-21)25(35-27(33)19-7-3-11-23(31)15-19)26(18-6-2-10-22(30)14-18)36-28(34)20-8-4-12-24(32)16-20/h1-16H/b26-25-. The lowest BCUT2D eigenvalue weighted by Crippen LogP contribution is -2.11. The Morgan fingerprint density at radius 2 is 0.722 bits per heavy atom. The Morgan fingerprint density at radius 1 is 0.444 bits per heavy atom. The van der Waals surface area contributed by atoms with Crippen molar-refractivity contribution in [2.45, 2.75) is 0 Å². The van der Waals surface area contributed by atoms with Crippen LogP contribution in [-0.4, -0.2) is 11.9 Å². The first-order valence-corrected chi connectivity index (χ1v) is 12.0. The Kier molecular flexibility index (Phi) is 8.34. The molecule has 4 rings (SSSR count). The highest BCUT2D eigenvalue weighted by Gasteiger charge is 2.23. The second-order valence-electron chi connectivity index (χ2n) is 7.48. The number of carbonyl (C=O) groups excluding carboxylic acids is 2. The van der Waals surface area contributed by atoms with Crippen molar-refractivity contribution in [3.63, 3.8) is 0 Å². The third-order valence-electron chi connectivity index (χ3n) is 4.89. The first kappa shape index (κ1) is 25.8. The van der Waals surface area contributed by atoms with Gasteiger partial charge < -0.3 is 9.47 Å². The summed E-state index contributed by atoms with van der Waals surface area (Å²) < 4.78 is 11.7. The molecule has 0 N–H and O–H groups in total. The van der Waals surface area contributed by atoms with Crippen LogP contribution in [-0.2, 0) is 9.47 Å². The average Bonchev–Trinajstić information content (AvgIpc) is 2.86. The maximum Gasteiger partial charge on any atom is 0.343 e. The van der Waals surface area contributed by atoms with Crippen LogP contribution in [0.1, 0.15) is 31.8 Å². The SMILES string of the molecule is O=C(O/C(=C(\OC(=O)c1cccc(Cl)c1)c1cccc(Cl)c1)c1cccc(Cl)c1)c1cccc(Cl)c1. The van der Waals surface area contributed by atoms with Gasteiger partial charge in [-0.2, -0.15) is 0 Å². The van der Waals surface area contributed by atoms with Crippen LogP contribution in [0, 0.1) is 0 Å². The van der Waals surface area contributed by atoms with Crippen molar-refractivity contribution in [1.29, 1.82) is 0 Å². The lowest BCUT2D eigenvalue weighted by molar-refractivity contribution is 0.0647. The Hall–Kier alpha value is -3.28. The highest BCUT2D eigenvalue weighted by Crippen LogP contribution is 2.33. The summed E-state index contributed by atoms with van der Waals surface area (Å²) in [5.41, 5.74) is 1.20. The van der Waals surface area contributed by atoms with Gasteiger partial charge in [0.2, 0.25) is 0 Å². The Morgan fingerprint density at radius 3 is 1.03 bits per heavy atom. The first-order valence-electron chi connectivity index (χ1n) is 10.5. The van der Waals surface area contributed by atoms with E-state index in [0.717, 1.165) is 0 Å². The van der Waals surface area contributed by atoms with Gasteiger partial charge in [0.05, 0.1) is 11.1 Å². The van der Waals surface area contributed by atoms with Gasteiger partial charge in [0, 0.05) is 31.2 Å². The largest absolute Gasteiger partial charge is 0.418 e. The Bertz CT molecular complexity index is 1370. The Labute approximate surface area is 227 Å². The third-order valence-corrected chi connectivity index (χ3v) is 5.83. The lowest BCUT2D eigenvalue weighted by Gasteiger charge is -2.17. The summed E-state index contributed by atoms with van der Waals surface area (Å²) in [5.74, 6) is -1.52. The van der Waals surface area contributed by atoms with E-state index < -0.39 is 11.9 Å². The van der Waals surface area contributed by atoms with E-state index in [2.05, 4.69) is 0 Å². The molecule has 0 aliphatic rings. The van der Waals surface area contributed by atoms with Gasteiger partial charge in [0.1, 0.15) is 0 Å². The van der Waals surface area contributed by atoms with E-state index in [9.17, 15) is 9.59 Å². The maximum atomic E-state index is 13.1. The summed E-state index contributed by atoms with van der Waals surface area (Å²) in [6.07, 6.45) is 0. The second-order valence-corrected chi connectivity index (χ2v) is 9.22. The van der Waals surface area contributed by atoms with Crippen molar-refractivity contribution in [3.8, 4) is 0 Å². The summed E-state index contributed by atoms with van der Waals surface area (Å²) in [6, 6.07) is 25.8. The molecule has 0 radical (unpaired) electrons. The van der Waals surface area contributed by atoms with Crippen molar-refractivity contribution < 1.29 is 19.1 Å². The molecule has 0 aromatic heterocycles. The summed E-state index contributed by atoms with van der Waals surface area (Å²) >= 11 is 24.6. The number of benzene rings is 4. The fourth-order valence-electron chi connectivity index (χ4n) is 3.27. The number of halogens is 4. The number of esters is 2. The average molecular weight is 558 g/mol. The molecular weight excluding hydrogens is 542 g/mol. The minimum absolute atomic E-state index is 0.0416. The second kappa shape index (κ2) is 11.6. The predicted molar refractivity (Wildman–Crippen MR) is 143 cm³/mol. The van der Waals surface area contributed by atoms with Crippen LogP contribution < -0.4 is 0 Å². The maximum absolute atomic E-state index is 13.1.